The summed E-state index contributed by atoms with van der Waals surface area (Å²) < 4.78 is 1.03. The van der Waals surface area contributed by atoms with Gasteiger partial charge in [0, 0.05) is 16.7 Å². The molecule has 5 nitrogen and oxygen atoms in total. The number of anilines is 1. The van der Waals surface area contributed by atoms with Gasteiger partial charge in [-0.1, -0.05) is 35.3 Å². The fraction of sp³-hybridized carbons (Fsp3) is 0.529. The van der Waals surface area contributed by atoms with E-state index in [2.05, 4.69) is 38.4 Å². The fourth-order valence-electron chi connectivity index (χ4n) is 2.67. The molecule has 3 N–H and O–H groups in total. The number of carbonyl (C=O) groups is 1. The Bertz CT molecular complexity index is 561. The van der Waals surface area contributed by atoms with Crippen molar-refractivity contribution in [2.24, 2.45) is 0 Å². The molecule has 24 heavy (non-hydrogen) atoms. The number of nitrogens with one attached hydrogen (secondary N) is 3. The van der Waals surface area contributed by atoms with Crippen LogP contribution in [-0.4, -0.2) is 55.2 Å². The van der Waals surface area contributed by atoms with Crippen molar-refractivity contribution in [2.75, 3.05) is 44.6 Å². The molecule has 0 aliphatic carbocycles. The highest BCUT2D eigenvalue weighted by atomic mass is 79.9. The van der Waals surface area contributed by atoms with Crippen LogP contribution in [0, 0.1) is 0 Å². The standard InChI is InChI=1S/C17H25BrN4OS/c1-2-3-7-19-16(23)13-21-8-10-22(11-9-21)17(24)20-15-6-4-5-14(18)12-15/h4-6,12H,2-3,7-11,13H2,1H3,(H,19,23)(H,20,24)/p+1. The van der Waals surface area contributed by atoms with Gasteiger partial charge in [0.05, 0.1) is 26.2 Å². The second kappa shape index (κ2) is 9.96. The van der Waals surface area contributed by atoms with E-state index >= 15 is 0 Å². The molecule has 1 aliphatic rings. The van der Waals surface area contributed by atoms with E-state index < -0.39 is 0 Å². The summed E-state index contributed by atoms with van der Waals surface area (Å²) in [6.07, 6.45) is 2.15. The van der Waals surface area contributed by atoms with E-state index in [4.69, 9.17) is 12.2 Å². The predicted octanol–water partition coefficient (Wildman–Crippen LogP) is 1.26. The van der Waals surface area contributed by atoms with Crippen LogP contribution in [0.2, 0.25) is 0 Å². The quantitative estimate of drug-likeness (QED) is 0.485. The van der Waals surface area contributed by atoms with Gasteiger partial charge in [0.25, 0.3) is 5.91 Å². The summed E-state index contributed by atoms with van der Waals surface area (Å²) >= 11 is 8.97. The van der Waals surface area contributed by atoms with Crippen molar-refractivity contribution in [1.29, 1.82) is 0 Å². The van der Waals surface area contributed by atoms with Crippen molar-refractivity contribution in [3.8, 4) is 0 Å². The van der Waals surface area contributed by atoms with Crippen molar-refractivity contribution in [3.05, 3.63) is 28.7 Å². The highest BCUT2D eigenvalue weighted by Gasteiger charge is 2.23. The van der Waals surface area contributed by atoms with Crippen LogP contribution < -0.4 is 15.5 Å². The Labute approximate surface area is 157 Å². The molecular weight excluding hydrogens is 388 g/mol. The third-order valence-corrected chi connectivity index (χ3v) is 4.95. The fourth-order valence-corrected chi connectivity index (χ4v) is 3.37. The molecule has 0 saturated carbocycles. The minimum Gasteiger partial charge on any atom is -0.351 e. The second-order valence-electron chi connectivity index (χ2n) is 6.06. The Morgan fingerprint density at radius 2 is 2.12 bits per heavy atom. The van der Waals surface area contributed by atoms with E-state index in [1.54, 1.807) is 0 Å². The van der Waals surface area contributed by atoms with Crippen molar-refractivity contribution in [1.82, 2.24) is 10.2 Å². The predicted molar refractivity (Wildman–Crippen MR) is 105 cm³/mol. The van der Waals surface area contributed by atoms with Gasteiger partial charge >= 0.3 is 0 Å². The number of hydrogen-bond acceptors (Lipinski definition) is 2. The monoisotopic (exact) mass is 413 g/mol. The summed E-state index contributed by atoms with van der Waals surface area (Å²) in [7, 11) is 0. The maximum absolute atomic E-state index is 11.9. The topological polar surface area (TPSA) is 48.8 Å². The molecule has 1 aromatic rings. The first-order valence-corrected chi connectivity index (χ1v) is 9.70. The lowest BCUT2D eigenvalue weighted by atomic mass is 10.3. The number of piperazine rings is 1. The molecule has 1 saturated heterocycles. The first kappa shape index (κ1) is 19.1. The van der Waals surface area contributed by atoms with E-state index in [0.717, 1.165) is 60.8 Å². The van der Waals surface area contributed by atoms with Gasteiger partial charge in [0.1, 0.15) is 0 Å². The largest absolute Gasteiger partial charge is 0.351 e. The second-order valence-corrected chi connectivity index (χ2v) is 7.36. The van der Waals surface area contributed by atoms with Gasteiger partial charge in [-0.25, -0.2) is 0 Å². The summed E-state index contributed by atoms with van der Waals surface area (Å²) in [5.41, 5.74) is 0.986. The number of unbranched alkanes of at least 4 members (excludes halogenated alkanes) is 1. The molecular formula is C17H26BrN4OS+. The van der Waals surface area contributed by atoms with Crippen LogP contribution in [0.25, 0.3) is 0 Å². The van der Waals surface area contributed by atoms with Crippen LogP contribution in [0.1, 0.15) is 19.8 Å². The molecule has 1 aromatic carbocycles. The van der Waals surface area contributed by atoms with Gasteiger partial charge in [-0.2, -0.15) is 0 Å². The van der Waals surface area contributed by atoms with Gasteiger partial charge in [-0.15, -0.1) is 0 Å². The van der Waals surface area contributed by atoms with E-state index in [1.165, 1.54) is 4.90 Å². The number of halogens is 1. The zero-order valence-corrected chi connectivity index (χ0v) is 16.5. The maximum atomic E-state index is 11.9. The van der Waals surface area contributed by atoms with Gasteiger partial charge in [-0.3, -0.25) is 4.79 Å². The normalized spacial score (nSPS) is 15.2. The molecule has 0 aromatic heterocycles. The van der Waals surface area contributed by atoms with Crippen molar-refractivity contribution in [2.45, 2.75) is 19.8 Å². The molecule has 0 spiro atoms. The molecule has 1 aliphatic heterocycles. The third kappa shape index (κ3) is 6.37. The summed E-state index contributed by atoms with van der Waals surface area (Å²) in [6, 6.07) is 7.98. The van der Waals surface area contributed by atoms with Gasteiger partial charge in [0.15, 0.2) is 11.7 Å². The summed E-state index contributed by atoms with van der Waals surface area (Å²) in [6.45, 7) is 7.08. The Balaban J connectivity index is 1.72. The van der Waals surface area contributed by atoms with E-state index in [1.807, 2.05) is 24.3 Å². The first-order chi connectivity index (χ1) is 11.6. The van der Waals surface area contributed by atoms with Crippen LogP contribution in [0.3, 0.4) is 0 Å². The number of nitrogens with zero attached hydrogens (tertiary/aromatic N) is 1. The number of thiocarbonyl (C=S) groups is 1. The van der Waals surface area contributed by atoms with Crippen molar-refractivity contribution < 1.29 is 9.69 Å². The van der Waals surface area contributed by atoms with E-state index in [0.29, 0.717) is 6.54 Å². The van der Waals surface area contributed by atoms with Crippen LogP contribution in [0.4, 0.5) is 5.69 Å². The summed E-state index contributed by atoms with van der Waals surface area (Å²) in [5, 5.41) is 7.02. The maximum Gasteiger partial charge on any atom is 0.275 e. The van der Waals surface area contributed by atoms with Crippen LogP contribution in [0.15, 0.2) is 28.7 Å². The average molecular weight is 414 g/mol. The van der Waals surface area contributed by atoms with Crippen molar-refractivity contribution >= 4 is 44.9 Å². The smallest absolute Gasteiger partial charge is 0.275 e. The zero-order valence-electron chi connectivity index (χ0n) is 14.1. The number of rotatable bonds is 6. The number of benzene rings is 1. The van der Waals surface area contributed by atoms with Crippen LogP contribution in [0.5, 0.6) is 0 Å². The molecule has 0 unspecified atom stereocenters. The first-order valence-electron chi connectivity index (χ1n) is 8.50. The molecule has 0 atom stereocenters. The minimum atomic E-state index is 0.154. The molecule has 132 valence electrons. The molecule has 1 amide bonds. The van der Waals surface area contributed by atoms with E-state index in [9.17, 15) is 4.79 Å². The molecule has 0 bridgehead atoms. The minimum absolute atomic E-state index is 0.154. The Morgan fingerprint density at radius 3 is 2.79 bits per heavy atom. The lowest BCUT2D eigenvalue weighted by molar-refractivity contribution is -0.895. The Morgan fingerprint density at radius 1 is 1.38 bits per heavy atom. The Hall–Kier alpha value is -1.18. The number of hydrogen-bond donors (Lipinski definition) is 3. The van der Waals surface area contributed by atoms with Crippen LogP contribution in [-0.2, 0) is 4.79 Å². The molecule has 1 fully saturated rings. The van der Waals surface area contributed by atoms with Crippen molar-refractivity contribution in [3.63, 3.8) is 0 Å². The highest BCUT2D eigenvalue weighted by Crippen LogP contribution is 2.16. The number of quaternary nitrogens is 1. The van der Waals surface area contributed by atoms with Crippen LogP contribution >= 0.6 is 28.1 Å². The van der Waals surface area contributed by atoms with Gasteiger partial charge < -0.3 is 20.4 Å². The lowest BCUT2D eigenvalue weighted by Gasteiger charge is -2.33. The summed E-state index contributed by atoms with van der Waals surface area (Å²) in [5.74, 6) is 0.154. The third-order valence-electron chi connectivity index (χ3n) is 4.10. The van der Waals surface area contributed by atoms with Gasteiger partial charge in [0.2, 0.25) is 0 Å². The van der Waals surface area contributed by atoms with E-state index in [-0.39, 0.29) is 5.91 Å². The SMILES string of the molecule is CCCCNC(=O)C[NH+]1CCN(C(=S)Nc2cccc(Br)c2)CC1. The summed E-state index contributed by atoms with van der Waals surface area (Å²) in [4.78, 5) is 15.4. The number of carbonyl (C=O) groups excluding carboxylic acids is 1. The van der Waals surface area contributed by atoms with Gasteiger partial charge in [-0.05, 0) is 36.8 Å². The molecule has 0 radical (unpaired) electrons. The average Bonchev–Trinajstić information content (AvgIpc) is 2.55. The molecule has 7 heteroatoms. The highest BCUT2D eigenvalue weighted by molar-refractivity contribution is 9.10. The lowest BCUT2D eigenvalue weighted by Crippen LogP contribution is -3.15. The molecule has 1 heterocycles. The Kier molecular flexibility index (Phi) is 7.94. The zero-order chi connectivity index (χ0) is 17.4. The molecule has 2 rings (SSSR count). The number of amides is 1.